The number of likely N-dealkylation sites (N-methyl/N-ethyl adjacent to an activating group) is 1. The van der Waals surface area contributed by atoms with Crippen LogP contribution in [0.15, 0.2) is 29.4 Å². The van der Waals surface area contributed by atoms with Crippen molar-refractivity contribution in [2.24, 2.45) is 4.99 Å². The molecule has 0 amide bonds. The Labute approximate surface area is 196 Å². The summed E-state index contributed by atoms with van der Waals surface area (Å²) in [6.45, 7) is 10.4. The van der Waals surface area contributed by atoms with Crippen LogP contribution in [0.1, 0.15) is 25.3 Å². The summed E-state index contributed by atoms with van der Waals surface area (Å²) in [5.74, 6) is 0.663. The maximum absolute atomic E-state index is 13.5. The van der Waals surface area contributed by atoms with Crippen LogP contribution in [0.4, 0.5) is 4.39 Å². The second-order valence-electron chi connectivity index (χ2n) is 7.79. The quantitative estimate of drug-likeness (QED) is 0.202. The third-order valence-electron chi connectivity index (χ3n) is 5.51. The number of benzene rings is 1. The molecule has 3 rings (SSSR count). The molecular formula is C22H36FIN6. The average molecular weight is 530 g/mol. The number of rotatable bonds is 9. The number of piperazine rings is 1. The molecule has 2 heterocycles. The third-order valence-corrected chi connectivity index (χ3v) is 5.51. The maximum Gasteiger partial charge on any atom is 0.191 e. The molecule has 30 heavy (non-hydrogen) atoms. The van der Waals surface area contributed by atoms with E-state index in [4.69, 9.17) is 4.99 Å². The Balaban J connectivity index is 0.00000320. The Hall–Kier alpha value is -1.39. The number of aromatic amines is 1. The zero-order valence-corrected chi connectivity index (χ0v) is 20.5. The fraction of sp³-hybridized carbons (Fsp3) is 0.591. The average Bonchev–Trinajstić information content (AvgIpc) is 3.11. The number of aromatic nitrogens is 1. The number of H-pyrrole nitrogens is 1. The molecule has 0 aliphatic carbocycles. The van der Waals surface area contributed by atoms with Crippen molar-refractivity contribution in [2.75, 3.05) is 59.4 Å². The van der Waals surface area contributed by atoms with Crippen LogP contribution >= 0.6 is 24.0 Å². The van der Waals surface area contributed by atoms with Crippen molar-refractivity contribution < 1.29 is 4.39 Å². The standard InChI is InChI=1S/C22H35FN6.HI/c1-3-24-22(25-9-4-5-11-29-14-12-28(2)13-15-29)26-10-8-18-17-27-21-7-6-19(23)16-20(18)21;/h6-7,16-17,27H,3-5,8-15H2,1-2H3,(H2,24,25,26);1H. The molecule has 3 N–H and O–H groups in total. The Morgan fingerprint density at radius 2 is 1.97 bits per heavy atom. The van der Waals surface area contributed by atoms with Gasteiger partial charge in [-0.1, -0.05) is 0 Å². The van der Waals surface area contributed by atoms with Crippen LogP contribution in [0.25, 0.3) is 10.9 Å². The van der Waals surface area contributed by atoms with Crippen LogP contribution in [0.5, 0.6) is 0 Å². The number of hydrogen-bond acceptors (Lipinski definition) is 3. The number of nitrogens with one attached hydrogen (secondary N) is 3. The molecule has 6 nitrogen and oxygen atoms in total. The zero-order chi connectivity index (χ0) is 20.5. The van der Waals surface area contributed by atoms with Crippen molar-refractivity contribution in [2.45, 2.75) is 26.2 Å². The minimum atomic E-state index is -0.196. The lowest BCUT2D eigenvalue weighted by Gasteiger charge is -2.32. The lowest BCUT2D eigenvalue weighted by atomic mass is 10.1. The summed E-state index contributed by atoms with van der Waals surface area (Å²) in [4.78, 5) is 12.9. The molecule has 1 fully saturated rings. The van der Waals surface area contributed by atoms with E-state index in [2.05, 4.69) is 39.4 Å². The molecule has 0 spiro atoms. The van der Waals surface area contributed by atoms with Gasteiger partial charge < -0.3 is 25.4 Å². The van der Waals surface area contributed by atoms with E-state index in [1.54, 1.807) is 12.1 Å². The molecule has 0 saturated carbocycles. The number of aliphatic imine (C=N–C) groups is 1. The number of guanidine groups is 1. The fourth-order valence-electron chi connectivity index (χ4n) is 3.72. The predicted octanol–water partition coefficient (Wildman–Crippen LogP) is 3.05. The van der Waals surface area contributed by atoms with E-state index in [0.717, 1.165) is 54.9 Å². The fourth-order valence-corrected chi connectivity index (χ4v) is 3.72. The van der Waals surface area contributed by atoms with Gasteiger partial charge in [-0.3, -0.25) is 4.99 Å². The largest absolute Gasteiger partial charge is 0.361 e. The molecule has 0 radical (unpaired) electrons. The lowest BCUT2D eigenvalue weighted by molar-refractivity contribution is 0.152. The van der Waals surface area contributed by atoms with Gasteiger partial charge in [0.25, 0.3) is 0 Å². The molecule has 2 aromatic rings. The lowest BCUT2D eigenvalue weighted by Crippen LogP contribution is -2.44. The zero-order valence-electron chi connectivity index (χ0n) is 18.2. The first-order valence-corrected chi connectivity index (χ1v) is 10.8. The third kappa shape index (κ3) is 7.70. The Morgan fingerprint density at radius 3 is 2.73 bits per heavy atom. The molecule has 1 aromatic carbocycles. The highest BCUT2D eigenvalue weighted by Crippen LogP contribution is 2.19. The van der Waals surface area contributed by atoms with Gasteiger partial charge in [0.15, 0.2) is 5.96 Å². The SMILES string of the molecule is CCNC(=NCCCCN1CCN(C)CC1)NCCc1c[nH]c2ccc(F)cc12.I. The van der Waals surface area contributed by atoms with Crippen LogP contribution < -0.4 is 10.6 Å². The smallest absolute Gasteiger partial charge is 0.191 e. The first-order valence-electron chi connectivity index (χ1n) is 10.8. The number of hydrogen-bond donors (Lipinski definition) is 3. The normalized spacial score (nSPS) is 15.9. The van der Waals surface area contributed by atoms with Crippen molar-refractivity contribution in [3.8, 4) is 0 Å². The van der Waals surface area contributed by atoms with E-state index in [1.165, 1.54) is 45.2 Å². The maximum atomic E-state index is 13.5. The van der Waals surface area contributed by atoms with Crippen LogP contribution in [-0.4, -0.2) is 80.1 Å². The van der Waals surface area contributed by atoms with Crippen LogP contribution in [0.2, 0.25) is 0 Å². The molecule has 1 saturated heterocycles. The number of unbranched alkanes of at least 4 members (excludes halogenated alkanes) is 1. The Bertz CT molecular complexity index is 785. The number of fused-ring (bicyclic) bond motifs is 1. The van der Waals surface area contributed by atoms with Crippen molar-refractivity contribution in [3.63, 3.8) is 0 Å². The van der Waals surface area contributed by atoms with Gasteiger partial charge in [0.2, 0.25) is 0 Å². The molecule has 1 aromatic heterocycles. The van der Waals surface area contributed by atoms with Crippen LogP contribution in [0.3, 0.4) is 0 Å². The van der Waals surface area contributed by atoms with Gasteiger partial charge in [0.05, 0.1) is 0 Å². The number of nitrogens with zero attached hydrogens (tertiary/aromatic N) is 3. The highest BCUT2D eigenvalue weighted by molar-refractivity contribution is 14.0. The van der Waals surface area contributed by atoms with E-state index in [1.807, 2.05) is 6.20 Å². The van der Waals surface area contributed by atoms with Crippen molar-refractivity contribution in [1.82, 2.24) is 25.4 Å². The van der Waals surface area contributed by atoms with Crippen molar-refractivity contribution in [3.05, 3.63) is 35.8 Å². The molecule has 0 atom stereocenters. The van der Waals surface area contributed by atoms with Crippen LogP contribution in [0, 0.1) is 5.82 Å². The van der Waals surface area contributed by atoms with E-state index in [0.29, 0.717) is 0 Å². The molecule has 0 bridgehead atoms. The van der Waals surface area contributed by atoms with Gasteiger partial charge in [-0.05, 0) is 63.5 Å². The number of halogens is 2. The minimum Gasteiger partial charge on any atom is -0.361 e. The topological polar surface area (TPSA) is 58.7 Å². The van der Waals surface area contributed by atoms with Gasteiger partial charge in [-0.25, -0.2) is 4.39 Å². The Kier molecular flexibility index (Phi) is 10.9. The van der Waals surface area contributed by atoms with Gasteiger partial charge in [0.1, 0.15) is 5.82 Å². The van der Waals surface area contributed by atoms with Gasteiger partial charge in [0, 0.05) is 62.9 Å². The second kappa shape index (κ2) is 13.1. The van der Waals surface area contributed by atoms with Crippen molar-refractivity contribution >= 4 is 40.8 Å². The molecule has 168 valence electrons. The summed E-state index contributed by atoms with van der Waals surface area (Å²) in [5, 5.41) is 7.66. The van der Waals surface area contributed by atoms with Crippen molar-refractivity contribution in [1.29, 1.82) is 0 Å². The first-order chi connectivity index (χ1) is 14.2. The Morgan fingerprint density at radius 1 is 1.17 bits per heavy atom. The molecule has 1 aliphatic heterocycles. The summed E-state index contributed by atoms with van der Waals surface area (Å²) in [6.07, 6.45) is 5.07. The summed E-state index contributed by atoms with van der Waals surface area (Å²) in [6, 6.07) is 4.87. The minimum absolute atomic E-state index is 0. The highest BCUT2D eigenvalue weighted by atomic mass is 127. The van der Waals surface area contributed by atoms with Gasteiger partial charge in [-0.2, -0.15) is 0 Å². The summed E-state index contributed by atoms with van der Waals surface area (Å²) < 4.78 is 13.5. The monoisotopic (exact) mass is 530 g/mol. The summed E-state index contributed by atoms with van der Waals surface area (Å²) in [7, 11) is 2.19. The second-order valence-corrected chi connectivity index (χ2v) is 7.79. The molecule has 8 heteroatoms. The van der Waals surface area contributed by atoms with E-state index in [-0.39, 0.29) is 29.8 Å². The van der Waals surface area contributed by atoms with E-state index < -0.39 is 0 Å². The molecule has 0 unspecified atom stereocenters. The molecular weight excluding hydrogens is 494 g/mol. The predicted molar refractivity (Wildman–Crippen MR) is 135 cm³/mol. The van der Waals surface area contributed by atoms with E-state index in [9.17, 15) is 4.39 Å². The van der Waals surface area contributed by atoms with E-state index >= 15 is 0 Å². The summed E-state index contributed by atoms with van der Waals surface area (Å²) in [5.41, 5.74) is 2.09. The molecule has 1 aliphatic rings. The van der Waals surface area contributed by atoms with Gasteiger partial charge in [-0.15, -0.1) is 24.0 Å². The van der Waals surface area contributed by atoms with Crippen LogP contribution in [-0.2, 0) is 6.42 Å². The summed E-state index contributed by atoms with van der Waals surface area (Å²) >= 11 is 0. The van der Waals surface area contributed by atoms with Gasteiger partial charge >= 0.3 is 0 Å². The first kappa shape index (κ1) is 24.9. The highest BCUT2D eigenvalue weighted by Gasteiger charge is 2.12.